The molecular formula is C24H29N5O2S2. The first-order chi connectivity index (χ1) is 16.0. The third-order valence-corrected chi connectivity index (χ3v) is 9.06. The molecule has 7 nitrogen and oxygen atoms in total. The summed E-state index contributed by atoms with van der Waals surface area (Å²) < 4.78 is 2.13. The van der Waals surface area contributed by atoms with Crippen molar-refractivity contribution in [3.05, 3.63) is 56.5 Å². The van der Waals surface area contributed by atoms with E-state index in [9.17, 15) is 9.59 Å². The van der Waals surface area contributed by atoms with Crippen molar-refractivity contribution in [2.24, 2.45) is 5.73 Å². The summed E-state index contributed by atoms with van der Waals surface area (Å²) in [5.74, 6) is -0.466. The van der Waals surface area contributed by atoms with E-state index in [2.05, 4.69) is 27.0 Å². The van der Waals surface area contributed by atoms with Crippen molar-refractivity contribution < 1.29 is 9.59 Å². The largest absolute Gasteiger partial charge is 0.365 e. The first kappa shape index (κ1) is 22.2. The van der Waals surface area contributed by atoms with Crippen LogP contribution in [0.2, 0.25) is 0 Å². The fourth-order valence-electron chi connectivity index (χ4n) is 4.87. The number of aromatic nitrogens is 1. The lowest BCUT2D eigenvalue weighted by Crippen LogP contribution is -2.31. The van der Waals surface area contributed by atoms with Crippen LogP contribution in [0, 0.1) is 0 Å². The van der Waals surface area contributed by atoms with Crippen molar-refractivity contribution in [2.75, 3.05) is 18.4 Å². The minimum atomic E-state index is -0.466. The molecule has 1 aliphatic heterocycles. The van der Waals surface area contributed by atoms with E-state index in [1.54, 1.807) is 0 Å². The number of aryl methyl sites for hydroxylation is 1. The van der Waals surface area contributed by atoms with Crippen LogP contribution in [0.25, 0.3) is 5.00 Å². The van der Waals surface area contributed by atoms with E-state index < -0.39 is 5.91 Å². The third-order valence-electron chi connectivity index (χ3n) is 6.58. The molecule has 9 heteroatoms. The van der Waals surface area contributed by atoms with Gasteiger partial charge in [0.2, 0.25) is 0 Å². The SMILES string of the molecule is CCN1CCc2c(sc(-n3cccc3)c2CNC(=O)Nc2sc3c(c2C(N)=O)CCCC3)C1. The summed E-state index contributed by atoms with van der Waals surface area (Å²) in [6.45, 7) is 5.67. The highest BCUT2D eigenvalue weighted by molar-refractivity contribution is 7.17. The number of anilines is 1. The lowest BCUT2D eigenvalue weighted by molar-refractivity contribution is 0.100. The zero-order chi connectivity index (χ0) is 22.9. The van der Waals surface area contributed by atoms with Gasteiger partial charge in [0.25, 0.3) is 5.91 Å². The van der Waals surface area contributed by atoms with Gasteiger partial charge in [0.05, 0.1) is 5.56 Å². The van der Waals surface area contributed by atoms with Gasteiger partial charge in [-0.3, -0.25) is 15.0 Å². The summed E-state index contributed by atoms with van der Waals surface area (Å²) in [7, 11) is 0. The predicted octanol–water partition coefficient (Wildman–Crippen LogP) is 4.28. The minimum absolute atomic E-state index is 0.305. The second-order valence-electron chi connectivity index (χ2n) is 8.58. The molecule has 0 aromatic carbocycles. The zero-order valence-corrected chi connectivity index (χ0v) is 20.4. The van der Waals surface area contributed by atoms with Crippen molar-refractivity contribution in [1.82, 2.24) is 14.8 Å². The van der Waals surface area contributed by atoms with Gasteiger partial charge in [-0.2, -0.15) is 0 Å². The number of rotatable bonds is 6. The number of primary amides is 1. The summed E-state index contributed by atoms with van der Waals surface area (Å²) in [6.07, 6.45) is 9.04. The number of carbonyl (C=O) groups excluding carboxylic acids is 2. The Balaban J connectivity index is 1.36. The highest BCUT2D eigenvalue weighted by atomic mass is 32.1. The number of nitrogens with two attached hydrogens (primary N) is 1. The molecule has 0 radical (unpaired) electrons. The summed E-state index contributed by atoms with van der Waals surface area (Å²) >= 11 is 3.30. The molecule has 0 spiro atoms. The Morgan fingerprint density at radius 3 is 2.61 bits per heavy atom. The minimum Gasteiger partial charge on any atom is -0.365 e. The van der Waals surface area contributed by atoms with Crippen molar-refractivity contribution >= 4 is 39.6 Å². The second kappa shape index (κ2) is 9.32. The molecule has 3 aromatic heterocycles. The van der Waals surface area contributed by atoms with Crippen LogP contribution in [0.15, 0.2) is 24.5 Å². The number of likely N-dealkylation sites (N-methyl/N-ethyl adjacent to an activating group) is 1. The molecule has 0 atom stereocenters. The molecule has 4 N–H and O–H groups in total. The van der Waals surface area contributed by atoms with Gasteiger partial charge in [-0.25, -0.2) is 4.79 Å². The van der Waals surface area contributed by atoms with Gasteiger partial charge in [-0.1, -0.05) is 6.92 Å². The fraction of sp³-hybridized carbons (Fsp3) is 0.417. The quantitative estimate of drug-likeness (QED) is 0.489. The van der Waals surface area contributed by atoms with Crippen LogP contribution in [0.5, 0.6) is 0 Å². The smallest absolute Gasteiger partial charge is 0.320 e. The van der Waals surface area contributed by atoms with Crippen molar-refractivity contribution in [2.45, 2.75) is 52.1 Å². The number of amides is 3. The van der Waals surface area contributed by atoms with Gasteiger partial charge in [0.1, 0.15) is 10.0 Å². The molecule has 174 valence electrons. The van der Waals surface area contributed by atoms with Crippen LogP contribution in [0.3, 0.4) is 0 Å². The molecule has 5 rings (SSSR count). The molecule has 0 bridgehead atoms. The normalized spacial score (nSPS) is 15.7. The molecule has 3 aromatic rings. The molecule has 0 saturated carbocycles. The zero-order valence-electron chi connectivity index (χ0n) is 18.8. The molecule has 4 heterocycles. The molecular weight excluding hydrogens is 454 g/mol. The number of hydrogen-bond acceptors (Lipinski definition) is 5. The Bertz CT molecular complexity index is 1180. The number of urea groups is 1. The van der Waals surface area contributed by atoms with Gasteiger partial charge < -0.3 is 15.6 Å². The topological polar surface area (TPSA) is 92.4 Å². The van der Waals surface area contributed by atoms with Gasteiger partial charge in [-0.05, 0) is 61.9 Å². The monoisotopic (exact) mass is 483 g/mol. The number of nitrogens with one attached hydrogen (secondary N) is 2. The standard InChI is InChI=1S/C24H29N5O2S2/c1-2-28-12-9-15-17(23(33-19(15)14-28)29-10-5-6-11-29)13-26-24(31)27-22-20(21(25)30)16-7-3-4-8-18(16)32-22/h5-6,10-11H,2-4,7-9,12-14H2,1H3,(H2,25,30)(H2,26,27,31). The summed E-state index contributed by atoms with van der Waals surface area (Å²) in [6, 6.07) is 3.73. The average molecular weight is 484 g/mol. The van der Waals surface area contributed by atoms with Gasteiger partial charge >= 0.3 is 6.03 Å². The summed E-state index contributed by atoms with van der Waals surface area (Å²) in [5.41, 5.74) is 9.73. The van der Waals surface area contributed by atoms with E-state index >= 15 is 0 Å². The molecule has 2 aliphatic rings. The number of hydrogen-bond donors (Lipinski definition) is 3. The van der Waals surface area contributed by atoms with Crippen LogP contribution in [0.4, 0.5) is 9.80 Å². The van der Waals surface area contributed by atoms with E-state index in [-0.39, 0.29) is 6.03 Å². The lowest BCUT2D eigenvalue weighted by atomic mass is 9.95. The summed E-state index contributed by atoms with van der Waals surface area (Å²) in [5, 5.41) is 7.69. The Labute approximate surface area is 201 Å². The van der Waals surface area contributed by atoms with Crippen molar-refractivity contribution in [3.8, 4) is 5.00 Å². The molecule has 0 fully saturated rings. The molecule has 0 unspecified atom stereocenters. The van der Waals surface area contributed by atoms with Crippen LogP contribution in [-0.2, 0) is 32.4 Å². The van der Waals surface area contributed by atoms with Crippen LogP contribution in [0.1, 0.15) is 56.6 Å². The van der Waals surface area contributed by atoms with Gasteiger partial charge in [0.15, 0.2) is 0 Å². The Morgan fingerprint density at radius 1 is 1.06 bits per heavy atom. The van der Waals surface area contributed by atoms with Gasteiger partial charge in [0, 0.05) is 47.3 Å². The number of fused-ring (bicyclic) bond motifs is 2. The van der Waals surface area contributed by atoms with Crippen LogP contribution < -0.4 is 16.4 Å². The third kappa shape index (κ3) is 4.32. The molecule has 33 heavy (non-hydrogen) atoms. The highest BCUT2D eigenvalue weighted by Crippen LogP contribution is 2.38. The number of carbonyl (C=O) groups is 2. The lowest BCUT2D eigenvalue weighted by Gasteiger charge is -2.25. The average Bonchev–Trinajstić information content (AvgIpc) is 3.53. The Morgan fingerprint density at radius 2 is 1.85 bits per heavy atom. The van der Waals surface area contributed by atoms with Crippen molar-refractivity contribution in [3.63, 3.8) is 0 Å². The highest BCUT2D eigenvalue weighted by Gasteiger charge is 2.27. The first-order valence-electron chi connectivity index (χ1n) is 11.5. The van der Waals surface area contributed by atoms with Gasteiger partial charge in [-0.15, -0.1) is 22.7 Å². The predicted molar refractivity (Wildman–Crippen MR) is 134 cm³/mol. The maximum Gasteiger partial charge on any atom is 0.320 e. The second-order valence-corrected chi connectivity index (χ2v) is 10.8. The van der Waals surface area contributed by atoms with Crippen LogP contribution >= 0.6 is 22.7 Å². The fourth-order valence-corrected chi connectivity index (χ4v) is 7.53. The molecule has 3 amide bonds. The van der Waals surface area contributed by atoms with E-state index in [4.69, 9.17) is 5.73 Å². The Kier molecular flexibility index (Phi) is 6.27. The van der Waals surface area contributed by atoms with E-state index in [0.29, 0.717) is 17.1 Å². The van der Waals surface area contributed by atoms with Crippen molar-refractivity contribution in [1.29, 1.82) is 0 Å². The number of thiophene rings is 2. The van der Waals surface area contributed by atoms with E-state index in [1.165, 1.54) is 32.2 Å². The summed E-state index contributed by atoms with van der Waals surface area (Å²) in [4.78, 5) is 30.0. The van der Waals surface area contributed by atoms with Crippen LogP contribution in [-0.4, -0.2) is 34.5 Å². The number of nitrogens with zero attached hydrogens (tertiary/aromatic N) is 2. The molecule has 1 aliphatic carbocycles. The van der Waals surface area contributed by atoms with E-state index in [1.807, 2.05) is 35.9 Å². The first-order valence-corrected chi connectivity index (χ1v) is 13.2. The van der Waals surface area contributed by atoms with E-state index in [0.717, 1.165) is 62.3 Å². The maximum absolute atomic E-state index is 12.9. The molecule has 0 saturated heterocycles. The maximum atomic E-state index is 12.9. The Hall–Kier alpha value is -2.62.